The van der Waals surface area contributed by atoms with Crippen molar-refractivity contribution < 1.29 is 41.1 Å². The fraction of sp³-hybridized carbons (Fsp3) is 0.263. The van der Waals surface area contributed by atoms with Gasteiger partial charge in [-0.2, -0.15) is 13.2 Å². The number of rotatable bonds is 4. The second kappa shape index (κ2) is 7.50. The quantitative estimate of drug-likeness (QED) is 0.599. The van der Waals surface area contributed by atoms with Crippen LogP contribution in [0.3, 0.4) is 0 Å². The molecule has 0 aliphatic carbocycles. The minimum absolute atomic E-state index is 0.0332. The van der Waals surface area contributed by atoms with Gasteiger partial charge in [-0.15, -0.1) is 0 Å². The molecule has 1 atom stereocenters. The zero-order valence-electron chi connectivity index (χ0n) is 15.0. The molecular weight excluding hydrogens is 440 g/mol. The zero-order chi connectivity index (χ0) is 22.4. The molecule has 0 radical (unpaired) electrons. The fourth-order valence-electron chi connectivity index (χ4n) is 3.13. The van der Waals surface area contributed by atoms with E-state index in [1.54, 1.807) is 0 Å². The van der Waals surface area contributed by atoms with Crippen molar-refractivity contribution in [3.05, 3.63) is 69.0 Å². The number of aromatic carboxylic acids is 1. The Morgan fingerprint density at radius 2 is 1.93 bits per heavy atom. The molecule has 0 fully saturated rings. The molecular formula is C19H12ClF6NO3. The van der Waals surface area contributed by atoms with E-state index in [9.17, 15) is 31.1 Å². The first kappa shape index (κ1) is 21.9. The second-order valence-electron chi connectivity index (χ2n) is 6.65. The zero-order valence-corrected chi connectivity index (χ0v) is 15.8. The smallest absolute Gasteiger partial charge is 0.416 e. The normalized spacial score (nSPS) is 19.0. The van der Waals surface area contributed by atoms with Crippen LogP contribution in [0.4, 0.5) is 26.3 Å². The first-order valence-corrected chi connectivity index (χ1v) is 8.69. The third-order valence-corrected chi connectivity index (χ3v) is 4.98. The lowest BCUT2D eigenvalue weighted by molar-refractivity contribution is -0.140. The minimum atomic E-state index is -4.96. The number of hydrogen-bond donors (Lipinski definition) is 1. The summed E-state index contributed by atoms with van der Waals surface area (Å²) < 4.78 is 81.8. The van der Waals surface area contributed by atoms with Crippen molar-refractivity contribution in [2.75, 3.05) is 0 Å². The largest absolute Gasteiger partial charge is 0.478 e. The lowest BCUT2D eigenvalue weighted by Crippen LogP contribution is -2.36. The number of hydrogen-bond acceptors (Lipinski definition) is 3. The summed E-state index contributed by atoms with van der Waals surface area (Å²) in [5.74, 6) is -2.68. The van der Waals surface area contributed by atoms with Crippen molar-refractivity contribution in [1.29, 1.82) is 0 Å². The van der Waals surface area contributed by atoms with Gasteiger partial charge in [-0.3, -0.25) is 0 Å². The lowest BCUT2D eigenvalue weighted by Gasteiger charge is -2.27. The predicted octanol–water partition coefficient (Wildman–Crippen LogP) is 5.79. The van der Waals surface area contributed by atoms with Crippen LogP contribution in [0.2, 0.25) is 5.02 Å². The predicted molar refractivity (Wildman–Crippen MR) is 94.5 cm³/mol. The topological polar surface area (TPSA) is 58.9 Å². The van der Waals surface area contributed by atoms with E-state index in [0.717, 1.165) is 0 Å². The number of aryl methyl sites for hydroxylation is 1. The van der Waals surface area contributed by atoms with Gasteiger partial charge in [0.1, 0.15) is 5.82 Å². The van der Waals surface area contributed by atoms with Crippen molar-refractivity contribution >= 4 is 23.3 Å². The maximum Gasteiger partial charge on any atom is 0.416 e. The van der Waals surface area contributed by atoms with E-state index >= 15 is 0 Å². The van der Waals surface area contributed by atoms with Crippen molar-refractivity contribution in [2.24, 2.45) is 5.16 Å². The fourth-order valence-corrected chi connectivity index (χ4v) is 3.35. The molecule has 1 N–H and O–H groups in total. The Morgan fingerprint density at radius 3 is 2.47 bits per heavy atom. The highest BCUT2D eigenvalue weighted by atomic mass is 35.5. The van der Waals surface area contributed by atoms with Gasteiger partial charge >= 0.3 is 12.1 Å². The van der Waals surface area contributed by atoms with Crippen molar-refractivity contribution in [2.45, 2.75) is 31.5 Å². The molecule has 1 aliphatic rings. The Morgan fingerprint density at radius 1 is 1.27 bits per heavy atom. The maximum absolute atomic E-state index is 14.5. The highest BCUT2D eigenvalue weighted by Gasteiger charge is 2.52. The van der Waals surface area contributed by atoms with Crippen LogP contribution in [0.15, 0.2) is 35.5 Å². The Balaban J connectivity index is 2.06. The Labute approximate surface area is 170 Å². The second-order valence-corrected chi connectivity index (χ2v) is 7.06. The van der Waals surface area contributed by atoms with Gasteiger partial charge in [0.25, 0.3) is 6.43 Å². The van der Waals surface area contributed by atoms with Crippen LogP contribution in [0.5, 0.6) is 0 Å². The molecule has 3 rings (SSSR count). The van der Waals surface area contributed by atoms with Crippen LogP contribution in [0.1, 0.15) is 39.0 Å². The Kier molecular flexibility index (Phi) is 5.48. The SMILES string of the molecule is Cc1cc(C2=NOC(c3cc(C(F)(F)F)cc(Cl)c3F)(C(F)F)C2)ccc1C(=O)O. The highest BCUT2D eigenvalue weighted by Crippen LogP contribution is 2.45. The van der Waals surface area contributed by atoms with Gasteiger partial charge in [-0.1, -0.05) is 22.8 Å². The number of nitrogens with zero attached hydrogens (tertiary/aromatic N) is 1. The number of halogens is 7. The molecule has 4 nitrogen and oxygen atoms in total. The molecule has 2 aromatic carbocycles. The van der Waals surface area contributed by atoms with Gasteiger partial charge < -0.3 is 9.94 Å². The summed E-state index contributed by atoms with van der Waals surface area (Å²) in [6.07, 6.45) is -9.17. The molecule has 1 unspecified atom stereocenters. The van der Waals surface area contributed by atoms with E-state index in [0.29, 0.717) is 11.6 Å². The van der Waals surface area contributed by atoms with E-state index in [2.05, 4.69) is 5.16 Å². The summed E-state index contributed by atoms with van der Waals surface area (Å²) >= 11 is 5.52. The highest BCUT2D eigenvalue weighted by molar-refractivity contribution is 6.30. The number of alkyl halides is 5. The van der Waals surface area contributed by atoms with E-state index in [4.69, 9.17) is 21.5 Å². The minimum Gasteiger partial charge on any atom is -0.478 e. The summed E-state index contributed by atoms with van der Waals surface area (Å²) in [6, 6.07) is 4.38. The third-order valence-electron chi connectivity index (χ3n) is 4.70. The first-order chi connectivity index (χ1) is 13.9. The molecule has 1 aliphatic heterocycles. The number of benzene rings is 2. The molecule has 2 aromatic rings. The molecule has 11 heteroatoms. The van der Waals surface area contributed by atoms with Crippen molar-refractivity contribution in [1.82, 2.24) is 0 Å². The van der Waals surface area contributed by atoms with Crippen LogP contribution in [0, 0.1) is 12.7 Å². The number of carbonyl (C=O) groups is 1. The third kappa shape index (κ3) is 3.71. The van der Waals surface area contributed by atoms with Crippen LogP contribution in [-0.2, 0) is 16.6 Å². The number of carboxylic acids is 1. The molecule has 1 heterocycles. The van der Waals surface area contributed by atoms with Gasteiger partial charge in [0, 0.05) is 12.0 Å². The summed E-state index contributed by atoms with van der Waals surface area (Å²) in [4.78, 5) is 15.9. The number of oxime groups is 1. The van der Waals surface area contributed by atoms with Gasteiger partial charge in [0.2, 0.25) is 5.60 Å². The van der Waals surface area contributed by atoms with Gasteiger partial charge in [-0.05, 0) is 42.3 Å². The average Bonchev–Trinajstić information content (AvgIpc) is 3.09. The molecule has 30 heavy (non-hydrogen) atoms. The lowest BCUT2D eigenvalue weighted by atomic mass is 9.86. The molecule has 0 spiro atoms. The van der Waals surface area contributed by atoms with Crippen molar-refractivity contribution in [3.63, 3.8) is 0 Å². The van der Waals surface area contributed by atoms with Crippen LogP contribution < -0.4 is 0 Å². The van der Waals surface area contributed by atoms with Gasteiger partial charge in [-0.25, -0.2) is 18.0 Å². The van der Waals surface area contributed by atoms with Gasteiger partial charge in [0.15, 0.2) is 0 Å². The Bertz CT molecular complexity index is 1050. The average molecular weight is 452 g/mol. The number of carboxylic acid groups (broad SMARTS) is 1. The molecule has 0 bridgehead atoms. The molecule has 0 saturated carbocycles. The molecule has 0 aromatic heterocycles. The van der Waals surface area contributed by atoms with E-state index in [-0.39, 0.29) is 22.9 Å². The first-order valence-electron chi connectivity index (χ1n) is 8.31. The summed E-state index contributed by atoms with van der Waals surface area (Å²) in [6.45, 7) is 1.47. The molecule has 0 amide bonds. The maximum atomic E-state index is 14.5. The van der Waals surface area contributed by atoms with Crippen LogP contribution in [-0.4, -0.2) is 23.2 Å². The van der Waals surface area contributed by atoms with E-state index in [1.807, 2.05) is 0 Å². The standard InChI is InChI=1S/C19H12ClF6NO3/c1-8-4-9(2-3-11(8)16(28)29)14-7-18(17(22)23,30-27-14)12-5-10(19(24,25)26)6-13(20)15(12)21/h2-6,17H,7H2,1H3,(H,28,29). The monoisotopic (exact) mass is 451 g/mol. The molecule has 0 saturated heterocycles. The summed E-state index contributed by atoms with van der Waals surface area (Å²) in [5.41, 5.74) is -4.96. The van der Waals surface area contributed by atoms with E-state index < -0.39 is 52.6 Å². The van der Waals surface area contributed by atoms with E-state index in [1.165, 1.54) is 25.1 Å². The van der Waals surface area contributed by atoms with Gasteiger partial charge in [0.05, 0.1) is 21.9 Å². The summed E-state index contributed by atoms with van der Waals surface area (Å²) in [5, 5.41) is 11.6. The Hall–Kier alpha value is -2.75. The summed E-state index contributed by atoms with van der Waals surface area (Å²) in [7, 11) is 0. The van der Waals surface area contributed by atoms with Crippen LogP contribution >= 0.6 is 11.6 Å². The van der Waals surface area contributed by atoms with Crippen molar-refractivity contribution in [3.8, 4) is 0 Å². The molecule has 160 valence electrons. The van der Waals surface area contributed by atoms with Crippen LogP contribution in [0.25, 0.3) is 0 Å².